The van der Waals surface area contributed by atoms with Crippen LogP contribution >= 0.6 is 11.8 Å². The molecule has 12 amide bonds. The first kappa shape index (κ1) is 98.7. The lowest BCUT2D eigenvalue weighted by Crippen LogP contribution is -2.60. The summed E-state index contributed by atoms with van der Waals surface area (Å²) in [6.45, 7) is 7.33. The van der Waals surface area contributed by atoms with Crippen molar-refractivity contribution in [2.24, 2.45) is 29.4 Å². The number of carbonyl (C=O) groups excluding carboxylic acids is 16. The number of carbonyl (C=O) groups is 16. The lowest BCUT2D eigenvalue weighted by Gasteiger charge is -2.37. The first-order valence-corrected chi connectivity index (χ1v) is 44.6. The number of hydrogen-bond acceptors (Lipinski definition) is 20. The van der Waals surface area contributed by atoms with Crippen LogP contribution in [0.15, 0.2) is 146 Å². The molecule has 5 aromatic carbocycles. The molecule has 1 aromatic heterocycles. The van der Waals surface area contributed by atoms with Gasteiger partial charge in [0.1, 0.15) is 72.5 Å². The quantitative estimate of drug-likeness (QED) is 0.0399. The summed E-state index contributed by atoms with van der Waals surface area (Å²) >= 11 is 0.889. The van der Waals surface area contributed by atoms with Crippen LogP contribution < -0.4 is 32.3 Å². The van der Waals surface area contributed by atoms with Crippen molar-refractivity contribution in [1.29, 1.82) is 0 Å². The molecule has 9 rings (SSSR count). The number of benzene rings is 5. The maximum Gasteiger partial charge on any atom is 0.293 e. The van der Waals surface area contributed by atoms with Crippen LogP contribution in [0.3, 0.4) is 0 Å². The molecule has 1 unspecified atom stereocenters. The van der Waals surface area contributed by atoms with Crippen molar-refractivity contribution in [3.63, 3.8) is 0 Å². The average Bonchev–Trinajstić information content (AvgIpc) is 1.67. The third-order valence-corrected chi connectivity index (χ3v) is 24.9. The number of aliphatic hydroxyl groups is 1. The van der Waals surface area contributed by atoms with Crippen LogP contribution in [0.25, 0.3) is 10.9 Å². The molecule has 0 spiro atoms. The molecule has 10 N–H and O–H groups in total. The molecule has 0 saturated carbocycles. The molecule has 6 aromatic rings. The van der Waals surface area contributed by atoms with E-state index in [4.69, 9.17) is 10.5 Å². The number of likely N-dealkylation sites (N-methyl/N-ethyl adjacent to an activating group) is 4. The molecule has 3 aliphatic heterocycles. The summed E-state index contributed by atoms with van der Waals surface area (Å²) in [5.41, 5.74) is 9.03. The minimum atomic E-state index is -1.56. The molecule has 0 radical (unpaired) electrons. The number of fused-ring (bicyclic) bond motifs is 3. The summed E-state index contributed by atoms with van der Waals surface area (Å²) in [5.74, 6) is -15.6. The van der Waals surface area contributed by atoms with Crippen LogP contribution in [-0.4, -0.2) is 272 Å². The zero-order chi connectivity index (χ0) is 92.3. The van der Waals surface area contributed by atoms with E-state index in [1.807, 2.05) is 13.0 Å². The van der Waals surface area contributed by atoms with Crippen LogP contribution in [-0.2, 0) is 114 Å². The van der Waals surface area contributed by atoms with Crippen molar-refractivity contribution in [2.45, 2.75) is 204 Å². The van der Waals surface area contributed by atoms with E-state index < -0.39 is 217 Å². The molecule has 13 atom stereocenters. The molecular formula is C94H121N13O19S. The lowest BCUT2D eigenvalue weighted by atomic mass is 9.84. The highest BCUT2D eigenvalue weighted by molar-refractivity contribution is 8.00. The van der Waals surface area contributed by atoms with Gasteiger partial charge < -0.3 is 81.7 Å². The van der Waals surface area contributed by atoms with Gasteiger partial charge in [-0.3, -0.25) is 76.7 Å². The van der Waals surface area contributed by atoms with E-state index in [2.05, 4.69) is 31.6 Å². The molecule has 33 heteroatoms. The molecule has 0 aliphatic carbocycles. The van der Waals surface area contributed by atoms with Gasteiger partial charge in [0, 0.05) is 134 Å². The Morgan fingerprint density at radius 1 is 0.575 bits per heavy atom. The van der Waals surface area contributed by atoms with Gasteiger partial charge in [-0.15, -0.1) is 11.8 Å². The summed E-state index contributed by atoms with van der Waals surface area (Å²) in [6.07, 6.45) is -1.30. The standard InChI is InChI=1S/C94H121N13O19S/c1-10-11-32-77-91(122)102(6)51-66(110)46-64(53-126-56-108)82(113)49-69(58(4)5)89(120)104(8)79(45-61-28-19-14-20-29-61)93(124)107-52-67(111)48-80(107)94(125)106-40-23-33-76(106)88(119)100-73(47-63-50-96-70-31-22-21-30-68(63)70)87(118)99-72(42-62-34-36-65(109)37-35-62)86(117)98-71(41-57(2)3)85(116)101-75(81(112)38-39-83(95)114)54-127-55-84(115)97-74(43-59-24-15-12-16-25-59)90(121)105(9)78(92(123)103(77)7)44-60-26-17-13-18-27-60/h12-22,24-31,34-37,50,56-58,64,67,69,71-80,96,109,111H,10-11,23,32-33,38-49,51-55H2,1-9H3,(H2,95,114)(H,97,115)(H,98,117)(H,99,118)(H,100,119)(H,101,116)/t64-,67+,69-,71-,72-,73-,74-,75-,76+,77-,78-,79?,80-/m0/s1. The number of rotatable bonds is 23. The van der Waals surface area contributed by atoms with Gasteiger partial charge in [-0.2, -0.15) is 0 Å². The lowest BCUT2D eigenvalue weighted by molar-refractivity contribution is -0.153. The number of phenolic OH excluding ortho intramolecular Hbond substituents is 1. The normalized spacial score (nSPS) is 24.3. The van der Waals surface area contributed by atoms with E-state index in [1.54, 1.807) is 143 Å². The zero-order valence-electron chi connectivity index (χ0n) is 73.7. The minimum Gasteiger partial charge on any atom is -0.508 e. The number of aromatic nitrogens is 1. The average molecular weight is 1770 g/mol. The fraction of sp³-hybridized carbons (Fsp3) is 0.489. The number of para-hydroxylation sites is 1. The van der Waals surface area contributed by atoms with E-state index >= 15 is 47.9 Å². The number of phenols is 1. The molecule has 32 nitrogen and oxygen atoms in total. The van der Waals surface area contributed by atoms with Crippen molar-refractivity contribution >= 4 is 117 Å². The molecule has 3 fully saturated rings. The Labute approximate surface area is 744 Å². The first-order valence-electron chi connectivity index (χ1n) is 43.4. The van der Waals surface area contributed by atoms with E-state index in [9.17, 15) is 39.0 Å². The molecular weight excluding hydrogens is 1650 g/mol. The number of Topliss-reactive ketones (excluding diaryl/α,β-unsaturated/α-hetero) is 3. The number of unbranched alkanes of at least 4 members (excludes halogenated alkanes) is 1. The Morgan fingerprint density at radius 3 is 1.73 bits per heavy atom. The van der Waals surface area contributed by atoms with Crippen LogP contribution in [0.2, 0.25) is 0 Å². The zero-order valence-corrected chi connectivity index (χ0v) is 74.5. The predicted octanol–water partition coefficient (Wildman–Crippen LogP) is 4.50. The molecule has 3 saturated heterocycles. The first-order chi connectivity index (χ1) is 60.6. The number of hydrogen-bond donors (Lipinski definition) is 9. The van der Waals surface area contributed by atoms with Gasteiger partial charge in [-0.25, -0.2) is 0 Å². The number of ether oxygens (including phenoxy) is 1. The highest BCUT2D eigenvalue weighted by Gasteiger charge is 2.49. The number of aromatic amines is 1. The number of nitrogens with zero attached hydrogens (tertiary/aromatic N) is 6. The van der Waals surface area contributed by atoms with Crippen molar-refractivity contribution in [3.8, 4) is 5.75 Å². The van der Waals surface area contributed by atoms with Crippen LogP contribution in [0, 0.1) is 23.7 Å². The number of ketones is 3. The Balaban J connectivity index is 1.11. The topological polar surface area (TPSA) is 444 Å². The molecule has 4 heterocycles. The maximum atomic E-state index is 15.7. The largest absolute Gasteiger partial charge is 0.508 e. The number of aliphatic hydroxyl groups excluding tert-OH is 1. The number of nitrogens with two attached hydrogens (primary N) is 1. The number of nitrogens with one attached hydrogen (secondary N) is 6. The van der Waals surface area contributed by atoms with Gasteiger partial charge in [-0.05, 0) is 83.5 Å². The number of aromatic hydroxyl groups is 1. The number of amides is 12. The Bertz CT molecular complexity index is 4840. The Hall–Kier alpha value is -12.1. The number of thioether (sulfide) groups is 1. The fourth-order valence-corrected chi connectivity index (χ4v) is 17.5. The van der Waals surface area contributed by atoms with Gasteiger partial charge in [0.2, 0.25) is 70.9 Å². The summed E-state index contributed by atoms with van der Waals surface area (Å²) in [7, 11) is 5.57. The molecule has 682 valence electrons. The monoisotopic (exact) mass is 1770 g/mol. The van der Waals surface area contributed by atoms with Gasteiger partial charge in [0.25, 0.3) is 6.47 Å². The second-order valence-electron chi connectivity index (χ2n) is 34.2. The van der Waals surface area contributed by atoms with Crippen molar-refractivity contribution in [2.75, 3.05) is 65.9 Å². The summed E-state index contributed by atoms with van der Waals surface area (Å²) < 4.78 is 5.16. The van der Waals surface area contributed by atoms with E-state index in [-0.39, 0.29) is 101 Å². The van der Waals surface area contributed by atoms with Crippen LogP contribution in [0.4, 0.5) is 0 Å². The smallest absolute Gasteiger partial charge is 0.293 e. The minimum absolute atomic E-state index is 0.00874. The van der Waals surface area contributed by atoms with Gasteiger partial charge in [0.05, 0.1) is 30.4 Å². The molecule has 0 bridgehead atoms. The summed E-state index contributed by atoms with van der Waals surface area (Å²) in [5, 5.41) is 36.8. The second-order valence-corrected chi connectivity index (χ2v) is 35.2. The van der Waals surface area contributed by atoms with Gasteiger partial charge in [0.15, 0.2) is 11.6 Å². The molecule has 127 heavy (non-hydrogen) atoms. The maximum absolute atomic E-state index is 15.7. The third kappa shape index (κ3) is 27.7. The van der Waals surface area contributed by atoms with Gasteiger partial charge in [-0.1, -0.05) is 169 Å². The highest BCUT2D eigenvalue weighted by atomic mass is 32.2. The summed E-state index contributed by atoms with van der Waals surface area (Å²) in [4.78, 5) is 247. The number of primary amides is 1. The van der Waals surface area contributed by atoms with Crippen LogP contribution in [0.5, 0.6) is 5.75 Å². The predicted molar refractivity (Wildman–Crippen MR) is 475 cm³/mol. The third-order valence-electron chi connectivity index (χ3n) is 23.8. The molecule has 3 aliphatic rings. The van der Waals surface area contributed by atoms with Crippen molar-refractivity contribution < 1.29 is 91.7 Å². The van der Waals surface area contributed by atoms with E-state index in [0.29, 0.717) is 51.6 Å². The van der Waals surface area contributed by atoms with Gasteiger partial charge >= 0.3 is 0 Å². The fourth-order valence-electron chi connectivity index (χ4n) is 16.6. The van der Waals surface area contributed by atoms with Crippen molar-refractivity contribution in [1.82, 2.24) is 61.0 Å². The van der Waals surface area contributed by atoms with Crippen LogP contribution in [0.1, 0.15) is 133 Å². The van der Waals surface area contributed by atoms with E-state index in [0.717, 1.165) is 16.7 Å². The SMILES string of the molecule is CCCC[C@H]1C(=O)N(C)CC(=O)C[C@@H](COC=O)C(=O)C[C@@H](C(C)C)C(=O)N(C)C(Cc2ccccc2)C(=O)N2C[C@H](O)C[C@H]2C(=O)N2CCC[C@@H]2C(=O)N[C@@H](Cc2c[nH]c3ccccc23)C(=O)N[C@@H](Cc2ccc(O)cc2)C(=O)N[C@@H](CC(C)C)C(=O)N[C@H](C(=O)CCC(N)=O)CSCC(=O)N[C@@H](Cc2ccccc2)C(=O)N(C)[C@@H](Cc2ccccc2)C(=O)N1C. The highest BCUT2D eigenvalue weighted by Crippen LogP contribution is 2.32. The summed E-state index contributed by atoms with van der Waals surface area (Å²) in [6, 6.07) is 25.2. The number of H-pyrrole nitrogens is 1. The Morgan fingerprint density at radius 2 is 1.13 bits per heavy atom. The van der Waals surface area contributed by atoms with Crippen molar-refractivity contribution in [3.05, 3.63) is 174 Å². The second kappa shape index (κ2) is 47.4. The Kier molecular flexibility index (Phi) is 36.9. The van der Waals surface area contributed by atoms with E-state index in [1.165, 1.54) is 77.0 Å².